The van der Waals surface area contributed by atoms with Gasteiger partial charge in [0.15, 0.2) is 0 Å². The predicted octanol–water partition coefficient (Wildman–Crippen LogP) is -0.722. The van der Waals surface area contributed by atoms with Crippen LogP contribution in [0.15, 0.2) is 0 Å². The van der Waals surface area contributed by atoms with Gasteiger partial charge in [0.05, 0.1) is 25.4 Å². The Morgan fingerprint density at radius 3 is 2.60 bits per heavy atom. The molecule has 0 saturated carbocycles. The number of carbonyl (C=O) groups is 1. The van der Waals surface area contributed by atoms with Crippen LogP contribution < -0.4 is 5.73 Å². The number of hydrogen-bond donors (Lipinski definition) is 2. The molecule has 0 radical (unpaired) electrons. The summed E-state index contributed by atoms with van der Waals surface area (Å²) >= 11 is 0. The lowest BCUT2D eigenvalue weighted by atomic mass is 10.0. The lowest BCUT2D eigenvalue weighted by Gasteiger charge is -2.13. The van der Waals surface area contributed by atoms with Gasteiger partial charge in [0, 0.05) is 12.5 Å². The molecule has 3 N–H and O–H groups in total. The molecule has 0 spiro atoms. The number of fused-ring (bicyclic) bond motifs is 1. The number of aliphatic carboxylic acids is 1. The van der Waals surface area contributed by atoms with Crippen LogP contribution in [0.1, 0.15) is 6.42 Å². The van der Waals surface area contributed by atoms with E-state index in [0.29, 0.717) is 13.2 Å². The quantitative estimate of drug-likeness (QED) is 0.393. The first-order valence-electron chi connectivity index (χ1n) is 5.80. The summed E-state index contributed by atoms with van der Waals surface area (Å²) in [6, 6.07) is 0. The summed E-state index contributed by atoms with van der Waals surface area (Å²) in [5.41, 5.74) is 4.57. The van der Waals surface area contributed by atoms with Crippen LogP contribution in [-0.2, 0) is 19.1 Å². The van der Waals surface area contributed by atoms with E-state index < -0.39 is 11.1 Å². The Morgan fingerprint density at radius 1 is 1.50 bits per heavy atom. The fourth-order valence-electron chi connectivity index (χ4n) is 1.85. The van der Waals surface area contributed by atoms with Crippen molar-refractivity contribution in [1.82, 2.24) is 0 Å². The smallest absolute Gasteiger partial charge is 0.317 e. The van der Waals surface area contributed by atoms with Crippen molar-refractivity contribution >= 4 is 5.97 Å². The van der Waals surface area contributed by atoms with Crippen molar-refractivity contribution in [2.24, 2.45) is 11.7 Å². The molecule has 0 aliphatic carbocycles. The fourth-order valence-corrected chi connectivity index (χ4v) is 1.85. The molecule has 2 aliphatic heterocycles. The van der Waals surface area contributed by atoms with Crippen LogP contribution in [0, 0.1) is 28.9 Å². The minimum absolute atomic E-state index is 0.0000463. The third-order valence-electron chi connectivity index (χ3n) is 2.64. The van der Waals surface area contributed by atoms with Gasteiger partial charge in [-0.15, -0.1) is 23.0 Å². The average Bonchev–Trinajstić information content (AvgIpc) is 3.02. The van der Waals surface area contributed by atoms with Crippen LogP contribution in [0.2, 0.25) is 0 Å². The number of carboxylic acids is 1. The van der Waals surface area contributed by atoms with Crippen LogP contribution >= 0.6 is 0 Å². The van der Waals surface area contributed by atoms with E-state index in [-0.39, 0.29) is 31.3 Å². The molecule has 9 nitrogen and oxygen atoms in total. The van der Waals surface area contributed by atoms with Gasteiger partial charge in [-0.25, -0.2) is 0 Å². The van der Waals surface area contributed by atoms with E-state index in [1.165, 1.54) is 0 Å². The van der Waals surface area contributed by atoms with Crippen LogP contribution in [0.3, 0.4) is 0 Å². The Labute approximate surface area is 116 Å². The second-order valence-electron chi connectivity index (χ2n) is 3.87. The second kappa shape index (κ2) is 9.96. The normalized spacial score (nSPS) is 26.2. The number of nitrogens with zero attached hydrogens (tertiary/aromatic N) is 1. The van der Waals surface area contributed by atoms with Crippen LogP contribution in [0.5, 0.6) is 0 Å². The molecule has 2 heterocycles. The van der Waals surface area contributed by atoms with Crippen LogP contribution in [-0.4, -0.2) is 54.7 Å². The molecule has 2 aliphatic rings. The first-order chi connectivity index (χ1) is 9.54. The zero-order valence-corrected chi connectivity index (χ0v) is 10.8. The van der Waals surface area contributed by atoms with Crippen LogP contribution in [0.25, 0.3) is 0 Å². The number of hydrogen-bond acceptors (Lipinski definition) is 7. The van der Waals surface area contributed by atoms with Gasteiger partial charge in [0.1, 0.15) is 6.61 Å². The molecule has 0 aromatic rings. The standard InChI is InChI=1S/C7H11NO5.C2H5NO2.C2H2/c9-8(10)13-4-5-3-12-6-1-2-11-7(5)6;3-1-2(4)5;1-2/h5-7H,1-4H2;1,3H2,(H,4,5);1-2H/t5-,6+,7+;;/m0../s1. The van der Waals surface area contributed by atoms with E-state index in [4.69, 9.17) is 14.6 Å². The summed E-state index contributed by atoms with van der Waals surface area (Å²) in [5.74, 6) is -0.956. The van der Waals surface area contributed by atoms with Gasteiger partial charge in [0.25, 0.3) is 5.09 Å². The maximum atomic E-state index is 9.95. The minimum Gasteiger partial charge on any atom is -0.480 e. The summed E-state index contributed by atoms with van der Waals surface area (Å²) in [4.78, 5) is 23.5. The molecule has 0 amide bonds. The van der Waals surface area contributed by atoms with E-state index in [2.05, 4.69) is 23.4 Å². The van der Waals surface area contributed by atoms with Crippen LogP contribution in [0.4, 0.5) is 0 Å². The lowest BCUT2D eigenvalue weighted by Crippen LogP contribution is -2.27. The third-order valence-corrected chi connectivity index (χ3v) is 2.64. The average molecular weight is 290 g/mol. The van der Waals surface area contributed by atoms with Crippen molar-refractivity contribution < 1.29 is 29.3 Å². The minimum atomic E-state index is -0.968. The maximum Gasteiger partial charge on any atom is 0.317 e. The highest BCUT2D eigenvalue weighted by atomic mass is 16.9. The first kappa shape index (κ1) is 18.1. The van der Waals surface area contributed by atoms with Crippen molar-refractivity contribution in [2.45, 2.75) is 18.6 Å². The number of terminal acetylenes is 1. The van der Waals surface area contributed by atoms with Gasteiger partial charge in [-0.2, -0.15) is 0 Å². The lowest BCUT2D eigenvalue weighted by molar-refractivity contribution is -0.759. The largest absolute Gasteiger partial charge is 0.480 e. The molecule has 3 atom stereocenters. The molecule has 0 bridgehead atoms. The summed E-state index contributed by atoms with van der Waals surface area (Å²) < 4.78 is 10.8. The number of carboxylic acid groups (broad SMARTS) is 1. The topological polar surface area (TPSA) is 134 Å². The van der Waals surface area contributed by atoms with Crippen molar-refractivity contribution in [3.63, 3.8) is 0 Å². The van der Waals surface area contributed by atoms with E-state index in [1.54, 1.807) is 0 Å². The zero-order valence-electron chi connectivity index (χ0n) is 10.8. The summed E-state index contributed by atoms with van der Waals surface area (Å²) in [7, 11) is 0. The Kier molecular flexibility index (Phi) is 9.02. The van der Waals surface area contributed by atoms with Gasteiger partial charge in [-0.3, -0.25) is 4.79 Å². The van der Waals surface area contributed by atoms with E-state index in [9.17, 15) is 14.9 Å². The summed E-state index contributed by atoms with van der Waals surface area (Å²) in [6.45, 7) is 0.988. The molecule has 2 rings (SSSR count). The van der Waals surface area contributed by atoms with Gasteiger partial charge in [0.2, 0.25) is 0 Å². The summed E-state index contributed by atoms with van der Waals surface area (Å²) in [6.07, 6.45) is 9.01. The molecule has 0 aromatic carbocycles. The molecule has 0 unspecified atom stereocenters. The Morgan fingerprint density at radius 2 is 2.10 bits per heavy atom. The predicted molar refractivity (Wildman–Crippen MR) is 67.1 cm³/mol. The van der Waals surface area contributed by atoms with E-state index in [0.717, 1.165) is 6.42 Å². The fraction of sp³-hybridized carbons (Fsp3) is 0.727. The molecule has 9 heteroatoms. The second-order valence-corrected chi connectivity index (χ2v) is 3.87. The van der Waals surface area contributed by atoms with Crippen molar-refractivity contribution in [3.05, 3.63) is 10.1 Å². The molecular weight excluding hydrogens is 272 g/mol. The Hall–Kier alpha value is -1.89. The van der Waals surface area contributed by atoms with Gasteiger partial charge in [-0.05, 0) is 6.42 Å². The summed E-state index contributed by atoms with van der Waals surface area (Å²) in [5, 5.41) is 16.8. The first-order valence-corrected chi connectivity index (χ1v) is 5.80. The SMILES string of the molecule is C#C.NCC(=O)O.O=[N+]([O-])OC[C@@H]1CO[C@@H]2CCO[C@H]12. The van der Waals surface area contributed by atoms with Gasteiger partial charge in [-0.1, -0.05) is 0 Å². The van der Waals surface area contributed by atoms with Crippen molar-refractivity contribution in [2.75, 3.05) is 26.4 Å². The van der Waals surface area contributed by atoms with Gasteiger partial charge < -0.3 is 25.2 Å². The highest BCUT2D eigenvalue weighted by Crippen LogP contribution is 2.30. The van der Waals surface area contributed by atoms with E-state index >= 15 is 0 Å². The third kappa shape index (κ3) is 6.33. The number of nitrogens with two attached hydrogens (primary N) is 1. The molecule has 2 fully saturated rings. The van der Waals surface area contributed by atoms with Crippen molar-refractivity contribution in [3.8, 4) is 12.8 Å². The Bertz CT molecular complexity index is 334. The maximum absolute atomic E-state index is 9.95. The molecular formula is C11H18N2O7. The molecule has 20 heavy (non-hydrogen) atoms. The molecule has 114 valence electrons. The zero-order chi connectivity index (χ0) is 15.5. The molecule has 2 saturated heterocycles. The highest BCUT2D eigenvalue weighted by molar-refractivity contribution is 5.68. The molecule has 0 aromatic heterocycles. The number of ether oxygens (including phenoxy) is 2. The van der Waals surface area contributed by atoms with Gasteiger partial charge >= 0.3 is 5.97 Å². The van der Waals surface area contributed by atoms with Crippen molar-refractivity contribution in [1.29, 1.82) is 0 Å². The monoisotopic (exact) mass is 290 g/mol. The van der Waals surface area contributed by atoms with E-state index in [1.807, 2.05) is 0 Å². The number of rotatable bonds is 4. The Balaban J connectivity index is 0.000000441. The highest BCUT2D eigenvalue weighted by Gasteiger charge is 2.41.